The smallest absolute Gasteiger partial charge is 0.329 e. The summed E-state index contributed by atoms with van der Waals surface area (Å²) in [7, 11) is 31.6. The van der Waals surface area contributed by atoms with E-state index in [1.165, 1.54) is 24.3 Å². The summed E-state index contributed by atoms with van der Waals surface area (Å²) in [6, 6.07) is 37.3. The lowest BCUT2D eigenvalue weighted by molar-refractivity contribution is -0.385. The molecule has 0 radical (unpaired) electrons. The topological polar surface area (TPSA) is 254 Å². The van der Waals surface area contributed by atoms with Crippen LogP contribution in [0.4, 0.5) is 10.5 Å². The molecule has 3 N–H and O–H groups in total. The van der Waals surface area contributed by atoms with Gasteiger partial charge in [0, 0.05) is 39.1 Å². The third kappa shape index (κ3) is 32.7. The van der Waals surface area contributed by atoms with Crippen molar-refractivity contribution in [2.24, 2.45) is 5.41 Å². The Kier molecular flexibility index (Phi) is 40.9. The van der Waals surface area contributed by atoms with Crippen LogP contribution in [0, 0.1) is 32.0 Å². The van der Waals surface area contributed by atoms with Crippen LogP contribution < -0.4 is 29.0 Å². The zero-order chi connectivity index (χ0) is 72.6. The monoisotopic (exact) mass is 1760 g/mol. The van der Waals surface area contributed by atoms with E-state index >= 15 is 0 Å². The Bertz CT molecular complexity index is 3830. The van der Waals surface area contributed by atoms with E-state index in [1.807, 2.05) is 80.1 Å². The summed E-state index contributed by atoms with van der Waals surface area (Å²) in [5.41, 5.74) is 2.13. The van der Waals surface area contributed by atoms with Crippen molar-refractivity contribution < 1.29 is 51.7 Å². The summed E-state index contributed by atoms with van der Waals surface area (Å²) in [6.45, 7) is 9.74. The maximum Gasteiger partial charge on any atom is 0.329 e. The number of rotatable bonds is 25. The highest BCUT2D eigenvalue weighted by Crippen LogP contribution is 3.24. The molecule has 6 rings (SSSR count). The number of nitro groups is 1. The first kappa shape index (κ1) is 86.9. The number of hydrogen-bond donors (Lipinski definition) is 3. The van der Waals surface area contributed by atoms with Crippen molar-refractivity contribution in [2.75, 3.05) is 20.0 Å². The molecule has 0 aromatic heterocycles. The van der Waals surface area contributed by atoms with Gasteiger partial charge in [-0.15, -0.1) is 89.3 Å². The van der Waals surface area contributed by atoms with Gasteiger partial charge in [-0.2, -0.15) is 5.26 Å². The van der Waals surface area contributed by atoms with E-state index in [1.54, 1.807) is 83.5 Å². The van der Waals surface area contributed by atoms with Crippen LogP contribution in [-0.2, 0) is 24.7 Å². The zero-order valence-corrected chi connectivity index (χ0v) is 78.3. The van der Waals surface area contributed by atoms with Crippen molar-refractivity contribution in [1.82, 2.24) is 10.0 Å². The van der Waals surface area contributed by atoms with Crippen LogP contribution in [-0.4, -0.2) is 60.4 Å². The van der Waals surface area contributed by atoms with Crippen LogP contribution in [0.3, 0.4) is 0 Å². The van der Waals surface area contributed by atoms with E-state index in [4.69, 9.17) is 20.4 Å². The third-order valence-corrected chi connectivity index (χ3v) is 135. The Labute approximate surface area is 600 Å². The second-order valence-corrected chi connectivity index (χ2v) is 110. The first-order valence-electron chi connectivity index (χ1n) is 27.4. The van der Waals surface area contributed by atoms with Crippen LogP contribution in [0.25, 0.3) is 22.3 Å². The molecular weight excluding hydrogens is 1680 g/mol. The van der Waals surface area contributed by atoms with Gasteiger partial charge in [0.25, 0.3) is 15.7 Å². The van der Waals surface area contributed by atoms with Crippen molar-refractivity contribution in [2.45, 2.75) is 63.3 Å². The van der Waals surface area contributed by atoms with Crippen LogP contribution in [0.2, 0.25) is 1.41 Å². The number of benzene rings is 6. The van der Waals surface area contributed by atoms with Gasteiger partial charge in [-0.1, -0.05) is 95.1 Å². The van der Waals surface area contributed by atoms with E-state index in [2.05, 4.69) is 118 Å². The number of ether oxygens (including phenoxy) is 4. The lowest BCUT2D eigenvalue weighted by atomic mass is 9.90. The molecule has 0 saturated carbocycles. The minimum Gasteiger partial charge on any atom is -0.497 e. The minimum atomic E-state index is -4.51. The van der Waals surface area contributed by atoms with E-state index in [-0.39, 0.29) is 102 Å². The van der Waals surface area contributed by atoms with Gasteiger partial charge in [0.2, 0.25) is 0 Å². The number of carbonyl (C=O) groups is 2. The molecule has 16 unspecified atom stereocenters. The first-order chi connectivity index (χ1) is 44.7. The molecule has 2 amide bonds. The molecule has 0 saturated heterocycles. The number of nitrogens with one attached hydrogen (secondary N) is 3. The third-order valence-electron chi connectivity index (χ3n) is 11.2. The van der Waals surface area contributed by atoms with Gasteiger partial charge in [-0.25, -0.2) is 26.4 Å². The predicted octanol–water partition coefficient (Wildman–Crippen LogP) is 24.7. The summed E-state index contributed by atoms with van der Waals surface area (Å²) in [5.74, 6) is 1.00. The normalized spacial score (nSPS) is 13.2. The molecular formula is C51H79N5O12P24S2. The number of Topliss-reactive ketones (excluding diaryl/α,β-unsaturated/α-hetero) is 1. The minimum absolute atomic E-state index is 0.0196. The highest BCUT2D eigenvalue weighted by atomic mass is 33.4. The Hall–Kier alpha value is 2.24. The van der Waals surface area contributed by atoms with Gasteiger partial charge < -0.3 is 24.3 Å². The highest BCUT2D eigenvalue weighted by molar-refractivity contribution is 9.30. The largest absolute Gasteiger partial charge is 0.497 e. The number of amides is 2. The molecule has 0 aliphatic carbocycles. The SMILES string of the molecule is COc1ccc(-c2cccc(Oc3ccc(C#N)cc3S(=O)(=O)CC(=O)CC(C)(C)C)c2)cc1.COc1ccc(-c2cccc(Oc3ccc([N+](=O)[O-])cc3S(=O)(=O)NC(=O)NC(C)(C)C)c2)cc1.[3H]N=PP(P)P.[3H]P(P(P(P)P)P(P)P)P(P(P)PP)P(P(P)P)P(P)P. The van der Waals surface area contributed by atoms with Crippen LogP contribution in [0.1, 0.15) is 53.5 Å². The summed E-state index contributed by atoms with van der Waals surface area (Å²) in [4.78, 5) is 34.4. The molecule has 0 aliphatic rings. The Morgan fingerprint density at radius 1 is 0.670 bits per heavy atom. The second-order valence-electron chi connectivity index (χ2n) is 21.1. The fourth-order valence-corrected chi connectivity index (χ4v) is 204. The molecule has 0 bridgehead atoms. The maximum atomic E-state index is 13.1. The number of hydrogen-bond acceptors (Lipinski definition) is 14. The molecule has 512 valence electrons. The van der Waals surface area contributed by atoms with E-state index in [9.17, 15) is 43.1 Å². The fraction of sp³-hybridized carbons (Fsp3) is 0.235. The van der Waals surface area contributed by atoms with Crippen LogP contribution in [0.5, 0.6) is 34.5 Å². The highest BCUT2D eigenvalue weighted by Gasteiger charge is 2.35. The number of nitriles is 1. The van der Waals surface area contributed by atoms with Crippen LogP contribution >= 0.6 is 194 Å². The fourth-order valence-electron chi connectivity index (χ4n) is 7.39. The quantitative estimate of drug-likeness (QED) is 0.0274. The molecule has 6 aromatic rings. The summed E-state index contributed by atoms with van der Waals surface area (Å²) in [5, 5.41) is 26.2. The number of nitro benzene ring substituents is 1. The van der Waals surface area contributed by atoms with Crippen molar-refractivity contribution in [3.8, 4) is 62.8 Å². The van der Waals surface area contributed by atoms with Crippen molar-refractivity contribution >= 4 is 231 Å². The van der Waals surface area contributed by atoms with Gasteiger partial charge in [0.15, 0.2) is 11.2 Å². The lowest BCUT2D eigenvalue weighted by Crippen LogP contribution is -2.48. The molecule has 16 atom stereocenters. The van der Waals surface area contributed by atoms with E-state index in [0.29, 0.717) is 17.2 Å². The lowest BCUT2D eigenvalue weighted by Gasteiger charge is -2.39. The molecule has 0 aliphatic heterocycles. The maximum absolute atomic E-state index is 13.1. The molecule has 0 fully saturated rings. The average molecular weight is 1770 g/mol. The van der Waals surface area contributed by atoms with Gasteiger partial charge in [-0.05, 0) is 185 Å². The average Bonchev–Trinajstić information content (AvgIpc) is 0.813. The zero-order valence-electron chi connectivity index (χ0n) is 54.0. The van der Waals surface area contributed by atoms with Gasteiger partial charge in [0.1, 0.15) is 55.8 Å². The number of nitrogens with zero attached hydrogens (tertiary/aromatic N) is 2. The number of methoxy groups -OCH3 is 2. The number of urea groups is 1. The number of carbonyl (C=O) groups excluding carboxylic acids is 2. The molecule has 0 heterocycles. The molecule has 94 heavy (non-hydrogen) atoms. The predicted molar refractivity (Wildman–Crippen MR) is 466 cm³/mol. The Morgan fingerprint density at radius 3 is 1.53 bits per heavy atom. The summed E-state index contributed by atoms with van der Waals surface area (Å²) >= 11 is 0. The second kappa shape index (κ2) is 44.3. The standard InChI is InChI=1S/C27H27NO5S.C24H25N3O7S.H5NP4.H22P20/c1-27(2,3)16-22(29)18-34(30,31)26-14-19(17-28)8-13-25(26)33-24-7-5-6-21(15-24)20-9-11-23(32-4)12-10-20;1-24(2,3)25-23(28)26-35(31,32)22-15-18(27(29)30)10-13-21(22)34-20-7-5-6-17(14-20)16-8-11-19(33-4)12-9-16;1-4-5(2)3;1-11-17(10)19(20(15(6)7)16(8)9)12-18(13(2)3)14(4)5/h5-15H,16,18H2,1-4H3;5-15H,1-4H3,(H2,25,26,28);1H,2-3H2;11-12H,1-10H2/i;;;12T/hT. The molecule has 0 spiro atoms. The van der Waals surface area contributed by atoms with Gasteiger partial charge >= 0.3 is 6.03 Å². The van der Waals surface area contributed by atoms with Gasteiger partial charge in [-0.3, -0.25) is 20.1 Å². The van der Waals surface area contributed by atoms with Gasteiger partial charge in [0.05, 0.1) is 32.1 Å². The van der Waals surface area contributed by atoms with Crippen molar-refractivity contribution in [1.29, 1.82) is 11.7 Å². The molecule has 43 heteroatoms. The number of sulfone groups is 1. The first-order valence-corrected chi connectivity index (χ1v) is 71.3. The molecule has 17 nitrogen and oxygen atoms in total. The number of sulfonamides is 1. The van der Waals surface area contributed by atoms with Crippen molar-refractivity contribution in [3.05, 3.63) is 149 Å². The van der Waals surface area contributed by atoms with Crippen molar-refractivity contribution in [3.63, 3.8) is 0 Å². The molecule has 6 aromatic carbocycles. The number of ketones is 1. The Morgan fingerprint density at radius 2 is 1.15 bits per heavy atom. The van der Waals surface area contributed by atoms with Crippen LogP contribution in [0.15, 0.2) is 143 Å². The van der Waals surface area contributed by atoms with E-state index < -0.39 is 60.6 Å². The summed E-state index contributed by atoms with van der Waals surface area (Å²) in [6.07, 6.45) is 0.129. The van der Waals surface area contributed by atoms with E-state index in [0.717, 1.165) is 56.2 Å². The number of non-ortho nitro benzene ring substituents is 1. The summed E-state index contributed by atoms with van der Waals surface area (Å²) < 4.78 is 91.8. The Balaban J connectivity index is 0.000000370.